The lowest BCUT2D eigenvalue weighted by Crippen LogP contribution is -2.37. The van der Waals surface area contributed by atoms with E-state index in [0.29, 0.717) is 23.5 Å². The van der Waals surface area contributed by atoms with Gasteiger partial charge >= 0.3 is 5.97 Å². The third-order valence-corrected chi connectivity index (χ3v) is 2.82. The van der Waals surface area contributed by atoms with Crippen LogP contribution in [0.15, 0.2) is 18.2 Å². The van der Waals surface area contributed by atoms with Crippen LogP contribution >= 0.6 is 0 Å². The van der Waals surface area contributed by atoms with Crippen molar-refractivity contribution in [2.24, 2.45) is 0 Å². The second kappa shape index (κ2) is 7.37. The van der Waals surface area contributed by atoms with Gasteiger partial charge in [-0.3, -0.25) is 9.59 Å². The second-order valence-electron chi connectivity index (χ2n) is 4.26. The predicted octanol–water partition coefficient (Wildman–Crippen LogP) is 1.30. The van der Waals surface area contributed by atoms with Crippen molar-refractivity contribution in [3.05, 3.63) is 23.8 Å². The zero-order valence-corrected chi connectivity index (χ0v) is 12.0. The summed E-state index contributed by atoms with van der Waals surface area (Å²) in [4.78, 5) is 25.2. The minimum absolute atomic E-state index is 0.0886. The summed E-state index contributed by atoms with van der Waals surface area (Å²) >= 11 is 0. The lowest BCUT2D eigenvalue weighted by Gasteiger charge is -2.21. The van der Waals surface area contributed by atoms with Gasteiger partial charge in [0, 0.05) is 18.3 Å². The molecule has 0 heterocycles. The van der Waals surface area contributed by atoms with E-state index >= 15 is 0 Å². The quantitative estimate of drug-likeness (QED) is 0.627. The van der Waals surface area contributed by atoms with Crippen LogP contribution in [0, 0.1) is 0 Å². The fraction of sp³-hybridized carbons (Fsp3) is 0.429. The van der Waals surface area contributed by atoms with Crippen LogP contribution in [-0.4, -0.2) is 44.1 Å². The average Bonchev–Trinajstić information content (AvgIpc) is 2.45. The highest BCUT2D eigenvalue weighted by molar-refractivity contribution is 6.00. The van der Waals surface area contributed by atoms with Gasteiger partial charge in [0.1, 0.15) is 12.3 Å². The van der Waals surface area contributed by atoms with Gasteiger partial charge in [-0.2, -0.15) is 0 Å². The number of carbonyl (C=O) groups excluding carboxylic acids is 2. The zero-order valence-electron chi connectivity index (χ0n) is 12.0. The van der Waals surface area contributed by atoms with E-state index in [1.165, 1.54) is 19.1 Å². The van der Waals surface area contributed by atoms with E-state index in [1.54, 1.807) is 18.2 Å². The predicted molar refractivity (Wildman–Crippen MR) is 75.6 cm³/mol. The third-order valence-electron chi connectivity index (χ3n) is 2.82. The van der Waals surface area contributed by atoms with Gasteiger partial charge in [-0.1, -0.05) is 6.92 Å². The molecule has 110 valence electrons. The first-order valence-corrected chi connectivity index (χ1v) is 6.33. The maximum absolute atomic E-state index is 12.4. The fourth-order valence-electron chi connectivity index (χ4n) is 1.78. The molecule has 0 bridgehead atoms. The largest absolute Gasteiger partial charge is 0.497 e. The summed E-state index contributed by atoms with van der Waals surface area (Å²) in [6.45, 7) is 2.29. The molecule has 6 nitrogen and oxygen atoms in total. The van der Waals surface area contributed by atoms with Gasteiger partial charge in [0.05, 0.1) is 19.8 Å². The Morgan fingerprint density at radius 1 is 1.30 bits per heavy atom. The molecular formula is C14H20N2O4. The SMILES string of the molecule is CCCN(CC(=O)OC)C(=O)c1ccc(OC)cc1N. The smallest absolute Gasteiger partial charge is 0.325 e. The van der Waals surface area contributed by atoms with Gasteiger partial charge in [0.15, 0.2) is 0 Å². The molecule has 0 aliphatic rings. The van der Waals surface area contributed by atoms with Gasteiger partial charge in [-0.15, -0.1) is 0 Å². The van der Waals surface area contributed by atoms with Crippen molar-refractivity contribution in [3.8, 4) is 5.75 Å². The molecule has 0 fully saturated rings. The summed E-state index contributed by atoms with van der Waals surface area (Å²) < 4.78 is 9.64. The Kier molecular flexibility index (Phi) is 5.83. The second-order valence-corrected chi connectivity index (χ2v) is 4.26. The highest BCUT2D eigenvalue weighted by atomic mass is 16.5. The maximum Gasteiger partial charge on any atom is 0.325 e. The van der Waals surface area contributed by atoms with Crippen LogP contribution in [0.25, 0.3) is 0 Å². The molecule has 1 aromatic rings. The van der Waals surface area contributed by atoms with Crippen LogP contribution in [-0.2, 0) is 9.53 Å². The summed E-state index contributed by atoms with van der Waals surface area (Å²) in [5, 5.41) is 0. The van der Waals surface area contributed by atoms with Crippen molar-refractivity contribution in [1.29, 1.82) is 0 Å². The Morgan fingerprint density at radius 2 is 2.00 bits per heavy atom. The molecule has 0 aliphatic heterocycles. The zero-order chi connectivity index (χ0) is 15.1. The topological polar surface area (TPSA) is 81.9 Å². The van der Waals surface area contributed by atoms with Crippen LogP contribution in [0.1, 0.15) is 23.7 Å². The molecule has 0 atom stereocenters. The molecular weight excluding hydrogens is 260 g/mol. The van der Waals surface area contributed by atoms with Crippen molar-refractivity contribution >= 4 is 17.6 Å². The van der Waals surface area contributed by atoms with Crippen molar-refractivity contribution in [2.45, 2.75) is 13.3 Å². The monoisotopic (exact) mass is 280 g/mol. The molecule has 0 unspecified atom stereocenters. The lowest BCUT2D eigenvalue weighted by molar-refractivity contribution is -0.141. The number of carbonyl (C=O) groups is 2. The molecule has 6 heteroatoms. The van der Waals surface area contributed by atoms with Crippen molar-refractivity contribution in [3.63, 3.8) is 0 Å². The van der Waals surface area contributed by atoms with Crippen LogP contribution in [0.4, 0.5) is 5.69 Å². The molecule has 0 saturated carbocycles. The number of methoxy groups -OCH3 is 2. The summed E-state index contributed by atoms with van der Waals surface area (Å²) in [6.07, 6.45) is 0.735. The van der Waals surface area contributed by atoms with Gasteiger partial charge in [-0.25, -0.2) is 0 Å². The summed E-state index contributed by atoms with van der Waals surface area (Å²) in [7, 11) is 2.82. The number of rotatable bonds is 6. The Hall–Kier alpha value is -2.24. The number of nitrogens with zero attached hydrogens (tertiary/aromatic N) is 1. The van der Waals surface area contributed by atoms with Crippen molar-refractivity contribution in [1.82, 2.24) is 4.90 Å². The summed E-state index contributed by atoms with van der Waals surface area (Å²) in [5.74, 6) is -0.176. The lowest BCUT2D eigenvalue weighted by atomic mass is 10.1. The molecule has 0 spiro atoms. The first-order chi connectivity index (χ1) is 9.53. The van der Waals surface area contributed by atoms with Gasteiger partial charge in [0.25, 0.3) is 5.91 Å². The molecule has 20 heavy (non-hydrogen) atoms. The Labute approximate surface area is 118 Å². The van der Waals surface area contributed by atoms with Gasteiger partial charge < -0.3 is 20.1 Å². The Balaban J connectivity index is 2.96. The van der Waals surface area contributed by atoms with Crippen LogP contribution in [0.5, 0.6) is 5.75 Å². The van der Waals surface area contributed by atoms with Gasteiger partial charge in [0.2, 0.25) is 0 Å². The van der Waals surface area contributed by atoms with Crippen LogP contribution in [0.3, 0.4) is 0 Å². The summed E-state index contributed by atoms with van der Waals surface area (Å²) in [5.41, 5.74) is 6.52. The molecule has 0 aliphatic carbocycles. The highest BCUT2D eigenvalue weighted by Crippen LogP contribution is 2.21. The molecule has 0 aromatic heterocycles. The molecule has 0 saturated heterocycles. The molecule has 1 aromatic carbocycles. The Morgan fingerprint density at radius 3 is 2.50 bits per heavy atom. The number of amides is 1. The number of hydrogen-bond acceptors (Lipinski definition) is 5. The van der Waals surface area contributed by atoms with E-state index < -0.39 is 5.97 Å². The number of ether oxygens (including phenoxy) is 2. The van der Waals surface area contributed by atoms with E-state index in [9.17, 15) is 9.59 Å². The molecule has 1 amide bonds. The number of nitrogen functional groups attached to an aromatic ring is 1. The van der Waals surface area contributed by atoms with E-state index in [0.717, 1.165) is 6.42 Å². The number of nitrogens with two attached hydrogens (primary N) is 1. The fourth-order valence-corrected chi connectivity index (χ4v) is 1.78. The molecule has 2 N–H and O–H groups in total. The van der Waals surface area contributed by atoms with E-state index in [1.807, 2.05) is 6.92 Å². The highest BCUT2D eigenvalue weighted by Gasteiger charge is 2.20. The van der Waals surface area contributed by atoms with Crippen LogP contribution < -0.4 is 10.5 Å². The number of anilines is 1. The van der Waals surface area contributed by atoms with Crippen molar-refractivity contribution < 1.29 is 19.1 Å². The summed E-state index contributed by atoms with van der Waals surface area (Å²) in [6, 6.07) is 4.83. The molecule has 1 rings (SSSR count). The average molecular weight is 280 g/mol. The van der Waals surface area contributed by atoms with Crippen molar-refractivity contribution in [2.75, 3.05) is 33.0 Å². The first-order valence-electron chi connectivity index (χ1n) is 6.33. The number of hydrogen-bond donors (Lipinski definition) is 1. The number of esters is 1. The molecule has 0 radical (unpaired) electrons. The minimum Gasteiger partial charge on any atom is -0.497 e. The van der Waals surface area contributed by atoms with Gasteiger partial charge in [-0.05, 0) is 18.6 Å². The van der Waals surface area contributed by atoms with E-state index in [4.69, 9.17) is 10.5 Å². The van der Waals surface area contributed by atoms with E-state index in [-0.39, 0.29) is 12.5 Å². The van der Waals surface area contributed by atoms with Crippen LogP contribution in [0.2, 0.25) is 0 Å². The first kappa shape index (κ1) is 15.8. The number of benzene rings is 1. The standard InChI is InChI=1S/C14H20N2O4/c1-4-7-16(9-13(17)20-3)14(18)11-6-5-10(19-2)8-12(11)15/h5-6,8H,4,7,9,15H2,1-3H3. The normalized spacial score (nSPS) is 9.95. The van der Waals surface area contributed by atoms with E-state index in [2.05, 4.69) is 4.74 Å². The third kappa shape index (κ3) is 3.88. The maximum atomic E-state index is 12.4. The minimum atomic E-state index is -0.459. The Bertz CT molecular complexity index is 488.